The van der Waals surface area contributed by atoms with Gasteiger partial charge < -0.3 is 16.0 Å². The molecule has 2 aromatic carbocycles. The number of carbonyl (C=O) groups excluding carboxylic acids is 3. The number of fused-ring (bicyclic) bond motifs is 1. The van der Waals surface area contributed by atoms with Gasteiger partial charge in [-0.25, -0.2) is 4.90 Å². The van der Waals surface area contributed by atoms with Crippen molar-refractivity contribution in [3.05, 3.63) is 59.2 Å². The first-order valence-electron chi connectivity index (χ1n) is 10.8. The molecule has 0 unspecified atom stereocenters. The van der Waals surface area contributed by atoms with Crippen LogP contribution in [0.25, 0.3) is 11.3 Å². The van der Waals surface area contributed by atoms with Crippen LogP contribution in [0.15, 0.2) is 42.5 Å². The molecule has 0 aliphatic carbocycles. The van der Waals surface area contributed by atoms with Gasteiger partial charge in [0.25, 0.3) is 5.91 Å². The molecule has 4 rings (SSSR count). The summed E-state index contributed by atoms with van der Waals surface area (Å²) >= 11 is 0. The molecule has 2 aromatic rings. The van der Waals surface area contributed by atoms with Crippen LogP contribution in [0.2, 0.25) is 0 Å². The van der Waals surface area contributed by atoms with Gasteiger partial charge in [0.05, 0.1) is 17.0 Å². The summed E-state index contributed by atoms with van der Waals surface area (Å²) < 4.78 is 0. The Kier molecular flexibility index (Phi) is 5.84. The number of imide groups is 1. The first-order valence-corrected chi connectivity index (χ1v) is 10.8. The molecule has 0 aromatic heterocycles. The van der Waals surface area contributed by atoms with Crippen LogP contribution in [0.5, 0.6) is 0 Å². The molecular weight excluding hydrogens is 404 g/mol. The lowest BCUT2D eigenvalue weighted by molar-refractivity contribution is -0.122. The lowest BCUT2D eigenvalue weighted by atomic mass is 9.96. The Hall–Kier alpha value is -3.45. The number of nitrogens with two attached hydrogens (primary N) is 1. The average Bonchev–Trinajstić information content (AvgIpc) is 3.04. The summed E-state index contributed by atoms with van der Waals surface area (Å²) in [5.74, 6) is -0.867. The maximum absolute atomic E-state index is 13.6. The molecule has 166 valence electrons. The van der Waals surface area contributed by atoms with Gasteiger partial charge in [0, 0.05) is 35.3 Å². The minimum absolute atomic E-state index is 0.102. The topological polar surface area (TPSA) is 95.7 Å². The minimum Gasteiger partial charge on any atom is -0.399 e. The molecule has 2 amide bonds. The molecule has 7 nitrogen and oxygen atoms in total. The first kappa shape index (κ1) is 21.8. The van der Waals surface area contributed by atoms with Crippen molar-refractivity contribution in [1.82, 2.24) is 10.2 Å². The molecule has 32 heavy (non-hydrogen) atoms. The molecule has 7 heteroatoms. The van der Waals surface area contributed by atoms with Crippen molar-refractivity contribution >= 4 is 40.2 Å². The number of nitrogens with one attached hydrogen (secondary N) is 1. The number of nitrogens with zero attached hydrogens (tertiary/aromatic N) is 2. The van der Waals surface area contributed by atoms with E-state index in [0.717, 1.165) is 31.5 Å². The van der Waals surface area contributed by atoms with Crippen molar-refractivity contribution in [2.24, 2.45) is 0 Å². The second-order valence-corrected chi connectivity index (χ2v) is 8.55. The normalized spacial score (nSPS) is 18.5. The van der Waals surface area contributed by atoms with Crippen LogP contribution < -0.4 is 16.0 Å². The van der Waals surface area contributed by atoms with Gasteiger partial charge in [-0.05, 0) is 70.2 Å². The Morgan fingerprint density at radius 3 is 2.38 bits per heavy atom. The molecule has 2 aliphatic heterocycles. The predicted octanol–water partition coefficient (Wildman–Crippen LogP) is 2.92. The standard InChI is InChI=1S/C25H28N4O3/c1-15(30)17-7-8-22-21(14-17)23(25(32)29(22)16(2)31)24(18-5-4-6-19(26)13-18)27-20-9-11-28(3)12-10-20/h4-8,13-14,20,27H,9-12,26H2,1-3H3. The quantitative estimate of drug-likeness (QED) is 0.438. The van der Waals surface area contributed by atoms with Crippen LogP contribution in [0.3, 0.4) is 0 Å². The molecule has 0 spiro atoms. The van der Waals surface area contributed by atoms with E-state index < -0.39 is 5.91 Å². The van der Waals surface area contributed by atoms with Gasteiger partial charge in [-0.15, -0.1) is 0 Å². The maximum atomic E-state index is 13.6. The average molecular weight is 433 g/mol. The van der Waals surface area contributed by atoms with Crippen molar-refractivity contribution in [1.29, 1.82) is 0 Å². The number of piperidine rings is 1. The number of ketones is 1. The zero-order valence-corrected chi connectivity index (χ0v) is 18.6. The summed E-state index contributed by atoms with van der Waals surface area (Å²) in [6.07, 6.45) is 1.86. The third kappa shape index (κ3) is 4.03. The van der Waals surface area contributed by atoms with E-state index in [4.69, 9.17) is 5.73 Å². The van der Waals surface area contributed by atoms with E-state index in [1.54, 1.807) is 24.3 Å². The Bertz CT molecular complexity index is 1130. The zero-order valence-electron chi connectivity index (χ0n) is 18.6. The molecule has 0 saturated carbocycles. The molecule has 2 aliphatic rings. The fourth-order valence-corrected chi connectivity index (χ4v) is 4.39. The number of amides is 2. The van der Waals surface area contributed by atoms with Crippen molar-refractivity contribution in [2.75, 3.05) is 30.8 Å². The van der Waals surface area contributed by atoms with E-state index in [1.165, 1.54) is 18.7 Å². The number of hydrogen-bond donors (Lipinski definition) is 2. The van der Waals surface area contributed by atoms with Crippen LogP contribution in [-0.4, -0.2) is 48.7 Å². The zero-order chi connectivity index (χ0) is 23.0. The Morgan fingerprint density at radius 1 is 1.03 bits per heavy atom. The second-order valence-electron chi connectivity index (χ2n) is 8.55. The second kappa shape index (κ2) is 8.59. The largest absolute Gasteiger partial charge is 0.399 e. The number of hydrogen-bond acceptors (Lipinski definition) is 6. The number of Topliss-reactive ketones (excluding diaryl/α,β-unsaturated/α-hetero) is 1. The summed E-state index contributed by atoms with van der Waals surface area (Å²) in [7, 11) is 2.10. The summed E-state index contributed by atoms with van der Waals surface area (Å²) in [5, 5.41) is 3.60. The summed E-state index contributed by atoms with van der Waals surface area (Å²) in [6, 6.07) is 12.6. The summed E-state index contributed by atoms with van der Waals surface area (Å²) in [4.78, 5) is 41.5. The van der Waals surface area contributed by atoms with Gasteiger partial charge in [0.2, 0.25) is 5.91 Å². The highest BCUT2D eigenvalue weighted by molar-refractivity contribution is 6.43. The van der Waals surface area contributed by atoms with Crippen LogP contribution in [-0.2, 0) is 9.59 Å². The molecule has 3 N–H and O–H groups in total. The lowest BCUT2D eigenvalue weighted by Crippen LogP contribution is -2.40. The third-order valence-electron chi connectivity index (χ3n) is 6.14. The predicted molar refractivity (Wildman–Crippen MR) is 126 cm³/mol. The molecule has 0 radical (unpaired) electrons. The monoisotopic (exact) mass is 432 g/mol. The molecule has 1 saturated heterocycles. The number of benzene rings is 2. The molecule has 1 fully saturated rings. The fourth-order valence-electron chi connectivity index (χ4n) is 4.39. The molecular formula is C25H28N4O3. The maximum Gasteiger partial charge on any atom is 0.267 e. The van der Waals surface area contributed by atoms with Crippen molar-refractivity contribution in [3.63, 3.8) is 0 Å². The van der Waals surface area contributed by atoms with Gasteiger partial charge in [-0.1, -0.05) is 12.1 Å². The number of carbonyl (C=O) groups is 3. The molecule has 0 bridgehead atoms. The Morgan fingerprint density at radius 2 is 1.75 bits per heavy atom. The van der Waals surface area contributed by atoms with Gasteiger partial charge in [0.15, 0.2) is 5.78 Å². The van der Waals surface area contributed by atoms with Crippen LogP contribution in [0, 0.1) is 0 Å². The highest BCUT2D eigenvalue weighted by Gasteiger charge is 2.38. The van der Waals surface area contributed by atoms with Crippen LogP contribution >= 0.6 is 0 Å². The van der Waals surface area contributed by atoms with Gasteiger partial charge >= 0.3 is 0 Å². The Labute approximate surface area is 187 Å². The van der Waals surface area contributed by atoms with Crippen LogP contribution in [0.4, 0.5) is 11.4 Å². The number of rotatable bonds is 4. The first-order chi connectivity index (χ1) is 15.3. The van der Waals surface area contributed by atoms with Crippen molar-refractivity contribution in [2.45, 2.75) is 32.7 Å². The summed E-state index contributed by atoms with van der Waals surface area (Å²) in [5.41, 5.74) is 10.0. The highest BCUT2D eigenvalue weighted by Crippen LogP contribution is 2.41. The highest BCUT2D eigenvalue weighted by atomic mass is 16.2. The lowest BCUT2D eigenvalue weighted by Gasteiger charge is -2.31. The molecule has 0 atom stereocenters. The third-order valence-corrected chi connectivity index (χ3v) is 6.14. The van der Waals surface area contributed by atoms with E-state index in [1.807, 2.05) is 18.2 Å². The van der Waals surface area contributed by atoms with E-state index in [2.05, 4.69) is 17.3 Å². The number of likely N-dealkylation sites (tertiary alicyclic amines) is 1. The van der Waals surface area contributed by atoms with Crippen molar-refractivity contribution in [3.8, 4) is 0 Å². The number of nitrogen functional groups attached to an aromatic ring is 1. The van der Waals surface area contributed by atoms with E-state index >= 15 is 0 Å². The van der Waals surface area contributed by atoms with Gasteiger partial charge in [0.1, 0.15) is 0 Å². The Balaban J connectivity index is 1.92. The van der Waals surface area contributed by atoms with Crippen LogP contribution in [0.1, 0.15) is 48.2 Å². The molecule has 2 heterocycles. The number of anilines is 2. The van der Waals surface area contributed by atoms with Gasteiger partial charge in [-0.2, -0.15) is 0 Å². The summed E-state index contributed by atoms with van der Waals surface area (Å²) in [6.45, 7) is 4.76. The van der Waals surface area contributed by atoms with E-state index in [-0.39, 0.29) is 17.7 Å². The SMILES string of the molecule is CC(=O)c1ccc2c(c1)C(=C(NC1CCN(C)CC1)c1cccc(N)c1)C(=O)N2C(C)=O. The van der Waals surface area contributed by atoms with E-state index in [0.29, 0.717) is 33.8 Å². The fraction of sp³-hybridized carbons (Fsp3) is 0.320. The minimum atomic E-state index is -0.397. The van der Waals surface area contributed by atoms with Crippen molar-refractivity contribution < 1.29 is 14.4 Å². The van der Waals surface area contributed by atoms with E-state index in [9.17, 15) is 14.4 Å². The van der Waals surface area contributed by atoms with Gasteiger partial charge in [-0.3, -0.25) is 14.4 Å². The smallest absolute Gasteiger partial charge is 0.267 e.